The predicted molar refractivity (Wildman–Crippen MR) is 47.6 cm³/mol. The zero-order valence-corrected chi connectivity index (χ0v) is 8.20. The molecule has 0 heterocycles. The highest BCUT2D eigenvalue weighted by atomic mass is 35.5. The van der Waals surface area contributed by atoms with E-state index in [2.05, 4.69) is 0 Å². The van der Waals surface area contributed by atoms with Gasteiger partial charge in [-0.15, -0.1) is 0 Å². The third-order valence-corrected chi connectivity index (χ3v) is 1.85. The fourth-order valence-corrected chi connectivity index (χ4v) is 0.969. The smallest absolute Gasteiger partial charge is 0.392 e. The zero-order valence-electron chi connectivity index (χ0n) is 7.44. The quantitative estimate of drug-likeness (QED) is 0.733. The van der Waals surface area contributed by atoms with Crippen molar-refractivity contribution in [2.75, 3.05) is 6.61 Å². The maximum Gasteiger partial charge on any atom is 0.392 e. The molecule has 6 heteroatoms. The Morgan fingerprint density at radius 2 is 1.93 bits per heavy atom. The maximum absolute atomic E-state index is 12.8. The van der Waals surface area contributed by atoms with Crippen molar-refractivity contribution < 1.29 is 22.3 Å². The summed E-state index contributed by atoms with van der Waals surface area (Å²) in [6.45, 7) is -0.537. The summed E-state index contributed by atoms with van der Waals surface area (Å²) in [7, 11) is 0. The molecule has 0 aliphatic heterocycles. The van der Waals surface area contributed by atoms with E-state index in [9.17, 15) is 17.6 Å². The molecule has 0 saturated heterocycles. The number of hydrogen-bond acceptors (Lipinski definition) is 1. The fraction of sp³-hybridized carbons (Fsp3) is 0.333. The van der Waals surface area contributed by atoms with Crippen molar-refractivity contribution >= 4 is 11.6 Å². The molecule has 0 saturated carbocycles. The number of benzene rings is 1. The Morgan fingerprint density at radius 1 is 1.27 bits per heavy atom. The van der Waals surface area contributed by atoms with Crippen LogP contribution in [-0.2, 0) is 0 Å². The summed E-state index contributed by atoms with van der Waals surface area (Å²) in [6, 6.07) is 3.47. The summed E-state index contributed by atoms with van der Waals surface area (Å²) in [4.78, 5) is 0. The average molecular weight is 243 g/mol. The van der Waals surface area contributed by atoms with E-state index < -0.39 is 25.0 Å². The lowest BCUT2D eigenvalue weighted by Crippen LogP contribution is -2.13. The largest absolute Gasteiger partial charge is 0.493 e. The summed E-state index contributed by atoms with van der Waals surface area (Å²) in [5, 5.41) is -0.0989. The molecule has 0 bridgehead atoms. The molecule has 1 nitrogen and oxygen atoms in total. The van der Waals surface area contributed by atoms with Crippen molar-refractivity contribution in [3.63, 3.8) is 0 Å². The standard InChI is InChI=1S/C9H7ClF4O/c10-7-2-1-6(5-8(7)11)15-4-3-9(12,13)14/h1-2,5H,3-4H2. The van der Waals surface area contributed by atoms with E-state index in [1.807, 2.05) is 0 Å². The van der Waals surface area contributed by atoms with Crippen molar-refractivity contribution in [2.45, 2.75) is 12.6 Å². The van der Waals surface area contributed by atoms with Crippen molar-refractivity contribution in [3.05, 3.63) is 29.0 Å². The van der Waals surface area contributed by atoms with Crippen LogP contribution in [0.4, 0.5) is 17.6 Å². The molecule has 0 N–H and O–H groups in total. The van der Waals surface area contributed by atoms with Crippen LogP contribution in [0.25, 0.3) is 0 Å². The molecule has 1 rings (SSSR count). The highest BCUT2D eigenvalue weighted by Gasteiger charge is 2.26. The fourth-order valence-electron chi connectivity index (χ4n) is 0.851. The summed E-state index contributed by atoms with van der Waals surface area (Å²) in [5.41, 5.74) is 0. The number of hydrogen-bond donors (Lipinski definition) is 0. The minimum atomic E-state index is -4.27. The van der Waals surface area contributed by atoms with E-state index in [1.165, 1.54) is 12.1 Å². The second-order valence-electron chi connectivity index (χ2n) is 2.79. The summed E-state index contributed by atoms with van der Waals surface area (Å²) in [5.74, 6) is -0.692. The average Bonchev–Trinajstić information content (AvgIpc) is 2.09. The Hall–Kier alpha value is -0.970. The first kappa shape index (κ1) is 12.1. The predicted octanol–water partition coefficient (Wildman–Crippen LogP) is 3.81. The number of rotatable bonds is 3. The first-order valence-electron chi connectivity index (χ1n) is 4.03. The SMILES string of the molecule is Fc1cc(OCCC(F)(F)F)ccc1Cl. The molecular formula is C9H7ClF4O. The Bertz CT molecular complexity index is 337. The second kappa shape index (κ2) is 4.70. The Morgan fingerprint density at radius 3 is 2.47 bits per heavy atom. The van der Waals surface area contributed by atoms with Gasteiger partial charge in [-0.2, -0.15) is 13.2 Å². The first-order valence-corrected chi connectivity index (χ1v) is 4.41. The topological polar surface area (TPSA) is 9.23 Å². The van der Waals surface area contributed by atoms with Gasteiger partial charge in [-0.3, -0.25) is 0 Å². The van der Waals surface area contributed by atoms with E-state index in [0.29, 0.717) is 0 Å². The molecule has 0 atom stereocenters. The van der Waals surface area contributed by atoms with E-state index in [1.54, 1.807) is 0 Å². The van der Waals surface area contributed by atoms with Gasteiger partial charge in [0.15, 0.2) is 0 Å². The van der Waals surface area contributed by atoms with Gasteiger partial charge >= 0.3 is 6.18 Å². The minimum Gasteiger partial charge on any atom is -0.493 e. The van der Waals surface area contributed by atoms with E-state index >= 15 is 0 Å². The number of ether oxygens (including phenoxy) is 1. The van der Waals surface area contributed by atoms with Crippen LogP contribution in [0.3, 0.4) is 0 Å². The van der Waals surface area contributed by atoms with Crippen LogP contribution in [0.2, 0.25) is 5.02 Å². The van der Waals surface area contributed by atoms with Gasteiger partial charge in [0.05, 0.1) is 18.1 Å². The van der Waals surface area contributed by atoms with Gasteiger partial charge in [0.1, 0.15) is 11.6 Å². The highest BCUT2D eigenvalue weighted by molar-refractivity contribution is 6.30. The van der Waals surface area contributed by atoms with Crippen LogP contribution in [0.5, 0.6) is 5.75 Å². The normalized spacial score (nSPS) is 11.5. The summed E-state index contributed by atoms with van der Waals surface area (Å²) >= 11 is 5.38. The molecule has 1 aromatic rings. The molecule has 15 heavy (non-hydrogen) atoms. The molecule has 0 unspecified atom stereocenters. The molecule has 84 valence electrons. The second-order valence-corrected chi connectivity index (χ2v) is 3.20. The van der Waals surface area contributed by atoms with Gasteiger partial charge < -0.3 is 4.74 Å². The van der Waals surface area contributed by atoms with Gasteiger partial charge in [0.25, 0.3) is 0 Å². The molecule has 0 fully saturated rings. The molecule has 0 radical (unpaired) electrons. The minimum absolute atomic E-state index is 0.0288. The van der Waals surface area contributed by atoms with Crippen molar-refractivity contribution in [1.82, 2.24) is 0 Å². The van der Waals surface area contributed by atoms with Crippen LogP contribution < -0.4 is 4.74 Å². The monoisotopic (exact) mass is 242 g/mol. The van der Waals surface area contributed by atoms with Gasteiger partial charge in [-0.25, -0.2) is 4.39 Å². The zero-order chi connectivity index (χ0) is 11.5. The van der Waals surface area contributed by atoms with Gasteiger partial charge in [0.2, 0.25) is 0 Å². The summed E-state index contributed by atoms with van der Waals surface area (Å²) < 4.78 is 52.7. The maximum atomic E-state index is 12.8. The number of alkyl halides is 3. The van der Waals surface area contributed by atoms with E-state index in [-0.39, 0.29) is 10.8 Å². The Balaban J connectivity index is 2.48. The lowest BCUT2D eigenvalue weighted by atomic mass is 10.3. The van der Waals surface area contributed by atoms with E-state index in [0.717, 1.165) is 6.07 Å². The molecule has 0 aliphatic carbocycles. The van der Waals surface area contributed by atoms with Crippen molar-refractivity contribution in [3.8, 4) is 5.75 Å². The molecule has 1 aromatic carbocycles. The van der Waals surface area contributed by atoms with Crippen LogP contribution in [0, 0.1) is 5.82 Å². The molecular weight excluding hydrogens is 236 g/mol. The molecule has 0 aliphatic rings. The lowest BCUT2D eigenvalue weighted by Gasteiger charge is -2.08. The Labute approximate surface area is 88.6 Å². The lowest BCUT2D eigenvalue weighted by molar-refractivity contribution is -0.139. The van der Waals surface area contributed by atoms with Crippen LogP contribution in [0.15, 0.2) is 18.2 Å². The van der Waals surface area contributed by atoms with Gasteiger partial charge in [-0.1, -0.05) is 11.6 Å². The Kier molecular flexibility index (Phi) is 3.79. The number of halogens is 5. The highest BCUT2D eigenvalue weighted by Crippen LogP contribution is 2.23. The summed E-state index contributed by atoms with van der Waals surface area (Å²) in [6.07, 6.45) is -5.35. The third kappa shape index (κ3) is 4.38. The first-order chi connectivity index (χ1) is 6.88. The van der Waals surface area contributed by atoms with Gasteiger partial charge in [0, 0.05) is 6.07 Å². The van der Waals surface area contributed by atoms with E-state index in [4.69, 9.17) is 16.3 Å². The van der Waals surface area contributed by atoms with Crippen LogP contribution in [0.1, 0.15) is 6.42 Å². The van der Waals surface area contributed by atoms with Crippen LogP contribution in [-0.4, -0.2) is 12.8 Å². The van der Waals surface area contributed by atoms with Crippen molar-refractivity contribution in [2.24, 2.45) is 0 Å². The molecule has 0 spiro atoms. The molecule has 0 amide bonds. The molecule has 0 aromatic heterocycles. The van der Waals surface area contributed by atoms with Crippen molar-refractivity contribution in [1.29, 1.82) is 0 Å². The van der Waals surface area contributed by atoms with Gasteiger partial charge in [-0.05, 0) is 12.1 Å². The van der Waals surface area contributed by atoms with Crippen LogP contribution >= 0.6 is 11.6 Å². The third-order valence-electron chi connectivity index (χ3n) is 1.55.